The van der Waals surface area contributed by atoms with Crippen LogP contribution in [0.25, 0.3) is 0 Å². The van der Waals surface area contributed by atoms with Gasteiger partial charge in [0.15, 0.2) is 5.78 Å². The van der Waals surface area contributed by atoms with Gasteiger partial charge < -0.3 is 15.8 Å². The normalized spacial score (nSPS) is 19.4. The summed E-state index contributed by atoms with van der Waals surface area (Å²) in [4.78, 5) is 23.1. The zero-order chi connectivity index (χ0) is 16.7. The highest BCUT2D eigenvalue weighted by Crippen LogP contribution is 2.24. The van der Waals surface area contributed by atoms with E-state index in [1.165, 1.54) is 6.92 Å². The first-order valence-corrected chi connectivity index (χ1v) is 8.33. The van der Waals surface area contributed by atoms with E-state index in [9.17, 15) is 9.59 Å². The van der Waals surface area contributed by atoms with Crippen LogP contribution in [-0.2, 0) is 4.79 Å². The summed E-state index contributed by atoms with van der Waals surface area (Å²) in [6, 6.07) is 7.30. The van der Waals surface area contributed by atoms with Gasteiger partial charge in [0.1, 0.15) is 5.75 Å². The Morgan fingerprint density at radius 2 is 1.96 bits per heavy atom. The fourth-order valence-electron chi connectivity index (χ4n) is 3.00. The van der Waals surface area contributed by atoms with E-state index in [0.717, 1.165) is 25.0 Å². The third kappa shape index (κ3) is 6.13. The highest BCUT2D eigenvalue weighted by molar-refractivity contribution is 5.94. The molecule has 3 N–H and O–H groups in total. The molecule has 1 amide bonds. The third-order valence-electron chi connectivity index (χ3n) is 4.39. The van der Waals surface area contributed by atoms with E-state index in [2.05, 4.69) is 5.32 Å². The van der Waals surface area contributed by atoms with E-state index >= 15 is 0 Å². The van der Waals surface area contributed by atoms with Gasteiger partial charge in [0, 0.05) is 18.0 Å². The number of halogens is 1. The van der Waals surface area contributed by atoms with Crippen molar-refractivity contribution in [1.29, 1.82) is 0 Å². The van der Waals surface area contributed by atoms with Crippen LogP contribution in [0.4, 0.5) is 0 Å². The molecule has 1 aliphatic rings. The summed E-state index contributed by atoms with van der Waals surface area (Å²) in [5.74, 6) is 1.26. The van der Waals surface area contributed by atoms with E-state index in [0.29, 0.717) is 37.5 Å². The Hall–Kier alpha value is -1.59. The second kappa shape index (κ2) is 10.3. The topological polar surface area (TPSA) is 81.4 Å². The van der Waals surface area contributed by atoms with E-state index in [4.69, 9.17) is 10.5 Å². The van der Waals surface area contributed by atoms with Crippen LogP contribution in [0.15, 0.2) is 24.3 Å². The Bertz CT molecular complexity index is 534. The zero-order valence-corrected chi connectivity index (χ0v) is 14.9. The van der Waals surface area contributed by atoms with E-state index in [1.807, 2.05) is 0 Å². The minimum absolute atomic E-state index is 0. The maximum absolute atomic E-state index is 11.9. The van der Waals surface area contributed by atoms with Crippen molar-refractivity contribution in [2.24, 2.45) is 11.7 Å². The molecular weight excluding hydrogens is 328 g/mol. The fourth-order valence-corrected chi connectivity index (χ4v) is 3.00. The van der Waals surface area contributed by atoms with Crippen LogP contribution in [0.2, 0.25) is 0 Å². The van der Waals surface area contributed by atoms with E-state index in [-0.39, 0.29) is 30.1 Å². The van der Waals surface area contributed by atoms with Crippen molar-refractivity contribution in [1.82, 2.24) is 5.32 Å². The first kappa shape index (κ1) is 20.5. The van der Waals surface area contributed by atoms with Crippen LogP contribution >= 0.6 is 12.4 Å². The molecule has 0 aromatic heterocycles. The molecule has 0 heterocycles. The van der Waals surface area contributed by atoms with Gasteiger partial charge in [0.05, 0.1) is 6.61 Å². The number of ether oxygens (including phenoxy) is 1. The van der Waals surface area contributed by atoms with Crippen LogP contribution in [-0.4, -0.2) is 30.9 Å². The molecule has 1 saturated carbocycles. The Morgan fingerprint density at radius 3 is 2.58 bits per heavy atom. The highest BCUT2D eigenvalue weighted by Gasteiger charge is 2.26. The minimum atomic E-state index is 0. The fraction of sp³-hybridized carbons (Fsp3) is 0.556. The Kier molecular flexibility index (Phi) is 8.79. The summed E-state index contributed by atoms with van der Waals surface area (Å²) in [5.41, 5.74) is 6.39. The van der Waals surface area contributed by atoms with Crippen molar-refractivity contribution in [3.8, 4) is 5.75 Å². The molecule has 2 unspecified atom stereocenters. The number of hydrogen-bond acceptors (Lipinski definition) is 4. The quantitative estimate of drug-likeness (QED) is 0.555. The SMILES string of the molecule is CC(=O)c1ccc(OCCCC(=O)NC2CCCC2CN)cc1.Cl. The smallest absolute Gasteiger partial charge is 0.220 e. The number of benzene rings is 1. The predicted molar refractivity (Wildman–Crippen MR) is 96.7 cm³/mol. The Morgan fingerprint density at radius 1 is 1.25 bits per heavy atom. The predicted octanol–water partition coefficient (Wildman–Crippen LogP) is 2.71. The average Bonchev–Trinajstić information content (AvgIpc) is 2.99. The Balaban J connectivity index is 0.00000288. The second-order valence-electron chi connectivity index (χ2n) is 6.13. The lowest BCUT2D eigenvalue weighted by molar-refractivity contribution is -0.122. The van der Waals surface area contributed by atoms with Gasteiger partial charge in [-0.3, -0.25) is 9.59 Å². The summed E-state index contributed by atoms with van der Waals surface area (Å²) >= 11 is 0. The van der Waals surface area contributed by atoms with Crippen molar-refractivity contribution in [2.75, 3.05) is 13.2 Å². The Labute approximate surface area is 149 Å². The van der Waals surface area contributed by atoms with Crippen LogP contribution < -0.4 is 15.8 Å². The van der Waals surface area contributed by atoms with Crippen molar-refractivity contribution in [2.45, 2.75) is 45.1 Å². The first-order valence-electron chi connectivity index (χ1n) is 8.33. The molecular formula is C18H27ClN2O3. The largest absolute Gasteiger partial charge is 0.494 e. The molecule has 1 aromatic rings. The molecule has 0 saturated heterocycles. The highest BCUT2D eigenvalue weighted by atomic mass is 35.5. The maximum atomic E-state index is 11.9. The monoisotopic (exact) mass is 354 g/mol. The molecule has 0 radical (unpaired) electrons. The van der Waals surface area contributed by atoms with Crippen molar-refractivity contribution >= 4 is 24.1 Å². The van der Waals surface area contributed by atoms with Crippen molar-refractivity contribution < 1.29 is 14.3 Å². The lowest BCUT2D eigenvalue weighted by Gasteiger charge is -2.19. The van der Waals surface area contributed by atoms with Gasteiger partial charge >= 0.3 is 0 Å². The second-order valence-corrected chi connectivity index (χ2v) is 6.13. The standard InChI is InChI=1S/C18H26N2O3.ClH/c1-13(21)14-7-9-16(10-8-14)23-11-3-6-18(22)20-17-5-2-4-15(17)12-19;/h7-10,15,17H,2-6,11-12,19H2,1H3,(H,20,22);1H. The minimum Gasteiger partial charge on any atom is -0.494 e. The maximum Gasteiger partial charge on any atom is 0.220 e. The molecule has 0 aliphatic heterocycles. The number of carbonyl (C=O) groups excluding carboxylic acids is 2. The van der Waals surface area contributed by atoms with Gasteiger partial charge in [-0.05, 0) is 62.9 Å². The van der Waals surface area contributed by atoms with Gasteiger partial charge in [-0.25, -0.2) is 0 Å². The third-order valence-corrected chi connectivity index (χ3v) is 4.39. The molecule has 1 aliphatic carbocycles. The van der Waals surface area contributed by atoms with Gasteiger partial charge in [0.2, 0.25) is 5.91 Å². The summed E-state index contributed by atoms with van der Waals surface area (Å²) < 4.78 is 5.59. The summed E-state index contributed by atoms with van der Waals surface area (Å²) in [7, 11) is 0. The lowest BCUT2D eigenvalue weighted by atomic mass is 10.0. The number of nitrogens with two attached hydrogens (primary N) is 1. The van der Waals surface area contributed by atoms with Crippen LogP contribution in [0.3, 0.4) is 0 Å². The van der Waals surface area contributed by atoms with Gasteiger partial charge in [0.25, 0.3) is 0 Å². The summed E-state index contributed by atoms with van der Waals surface area (Å²) in [6.07, 6.45) is 4.42. The summed E-state index contributed by atoms with van der Waals surface area (Å²) in [5, 5.41) is 3.09. The number of carbonyl (C=O) groups is 2. The zero-order valence-electron chi connectivity index (χ0n) is 14.1. The molecule has 5 nitrogen and oxygen atoms in total. The molecule has 0 bridgehead atoms. The van der Waals surface area contributed by atoms with Crippen LogP contribution in [0.5, 0.6) is 5.75 Å². The van der Waals surface area contributed by atoms with Gasteiger partial charge in [-0.15, -0.1) is 12.4 Å². The van der Waals surface area contributed by atoms with Crippen LogP contribution in [0, 0.1) is 5.92 Å². The first-order chi connectivity index (χ1) is 11.1. The molecule has 1 aromatic carbocycles. The van der Waals surface area contributed by atoms with Crippen molar-refractivity contribution in [3.63, 3.8) is 0 Å². The van der Waals surface area contributed by atoms with Gasteiger partial charge in [-0.2, -0.15) is 0 Å². The molecule has 2 atom stereocenters. The number of Topliss-reactive ketones (excluding diaryl/α,β-unsaturated/α-hetero) is 1. The average molecular weight is 355 g/mol. The lowest BCUT2D eigenvalue weighted by Crippen LogP contribution is -2.39. The number of amides is 1. The number of ketones is 1. The molecule has 0 spiro atoms. The number of nitrogens with one attached hydrogen (secondary N) is 1. The molecule has 6 heteroatoms. The van der Waals surface area contributed by atoms with Crippen LogP contribution in [0.1, 0.15) is 49.4 Å². The van der Waals surface area contributed by atoms with E-state index < -0.39 is 0 Å². The van der Waals surface area contributed by atoms with Crippen molar-refractivity contribution in [3.05, 3.63) is 29.8 Å². The molecule has 134 valence electrons. The summed E-state index contributed by atoms with van der Waals surface area (Å²) in [6.45, 7) is 2.66. The molecule has 1 fully saturated rings. The molecule has 24 heavy (non-hydrogen) atoms. The van der Waals surface area contributed by atoms with E-state index in [1.54, 1.807) is 24.3 Å². The van der Waals surface area contributed by atoms with Gasteiger partial charge in [-0.1, -0.05) is 6.42 Å². The molecule has 2 rings (SSSR count). The number of rotatable bonds is 8. The number of hydrogen-bond donors (Lipinski definition) is 2.